The summed E-state index contributed by atoms with van der Waals surface area (Å²) in [6, 6.07) is 8.91. The van der Waals surface area contributed by atoms with Crippen LogP contribution in [0.25, 0.3) is 0 Å². The number of methoxy groups -OCH3 is 1. The van der Waals surface area contributed by atoms with Crippen LogP contribution in [-0.2, 0) is 11.3 Å². The van der Waals surface area contributed by atoms with Gasteiger partial charge in [-0.05, 0) is 24.6 Å². The van der Waals surface area contributed by atoms with E-state index in [1.54, 1.807) is 29.9 Å². The summed E-state index contributed by atoms with van der Waals surface area (Å²) in [5.74, 6) is 0.428. The molecule has 1 atom stereocenters. The highest BCUT2D eigenvalue weighted by Crippen LogP contribution is 2.30. The largest absolute Gasteiger partial charge is 0.472 e. The Balaban J connectivity index is 2.38. The number of aromatic nitrogens is 1. The Bertz CT molecular complexity index is 738. The molecule has 122 valence electrons. The number of halogens is 2. The summed E-state index contributed by atoms with van der Waals surface area (Å²) >= 11 is 12.1. The van der Waals surface area contributed by atoms with Crippen molar-refractivity contribution in [2.45, 2.75) is 19.6 Å². The van der Waals surface area contributed by atoms with Crippen molar-refractivity contribution in [3.05, 3.63) is 45.6 Å². The summed E-state index contributed by atoms with van der Waals surface area (Å²) in [4.78, 5) is 0. The molecule has 2 rings (SSSR count). The Morgan fingerprint density at radius 2 is 2.09 bits per heavy atom. The number of nitrogen functional groups attached to an aromatic ring is 1. The third-order valence-corrected chi connectivity index (χ3v) is 3.83. The van der Waals surface area contributed by atoms with Crippen LogP contribution in [-0.4, -0.2) is 24.4 Å². The lowest BCUT2D eigenvalue weighted by Crippen LogP contribution is -2.20. The molecule has 0 amide bonds. The molecule has 0 fully saturated rings. The topological polar surface area (TPSA) is 73.2 Å². The molecule has 0 radical (unpaired) electrons. The molecule has 0 spiro atoms. The second kappa shape index (κ2) is 7.60. The summed E-state index contributed by atoms with van der Waals surface area (Å²) in [6.07, 6.45) is -0.205. The van der Waals surface area contributed by atoms with Crippen molar-refractivity contribution in [2.24, 2.45) is 0 Å². The maximum atomic E-state index is 9.32. The summed E-state index contributed by atoms with van der Waals surface area (Å²) in [7, 11) is 1.59. The number of rotatable bonds is 6. The summed E-state index contributed by atoms with van der Waals surface area (Å²) in [6.45, 7) is 2.63. The van der Waals surface area contributed by atoms with Crippen molar-refractivity contribution in [2.75, 3.05) is 19.5 Å². The molecule has 0 aliphatic heterocycles. The third-order valence-electron chi connectivity index (χ3n) is 3.25. The molecule has 1 heterocycles. The predicted molar refractivity (Wildman–Crippen MR) is 91.1 cm³/mol. The van der Waals surface area contributed by atoms with E-state index in [-0.39, 0.29) is 6.10 Å². The van der Waals surface area contributed by atoms with Crippen LogP contribution in [0, 0.1) is 11.3 Å². The van der Waals surface area contributed by atoms with Gasteiger partial charge < -0.3 is 15.2 Å². The molecule has 2 N–H and O–H groups in total. The van der Waals surface area contributed by atoms with Gasteiger partial charge in [-0.15, -0.1) is 0 Å². The monoisotopic (exact) mass is 353 g/mol. The first kappa shape index (κ1) is 17.5. The standard InChI is InChI=1S/C16H17Cl2N3O2/c1-10(9-22-2)23-16-15(20)6-13(7-19)21(16)8-11-3-4-12(17)5-14(11)18/h3-6,10H,8-9,20H2,1-2H3. The summed E-state index contributed by atoms with van der Waals surface area (Å²) in [5.41, 5.74) is 7.59. The lowest BCUT2D eigenvalue weighted by molar-refractivity contribution is 0.0869. The fraction of sp³-hybridized carbons (Fsp3) is 0.312. The number of nitrogens with two attached hydrogens (primary N) is 1. The van der Waals surface area contributed by atoms with Gasteiger partial charge in [0.1, 0.15) is 17.9 Å². The van der Waals surface area contributed by atoms with Crippen LogP contribution in [0.5, 0.6) is 5.88 Å². The summed E-state index contributed by atoms with van der Waals surface area (Å²) in [5, 5.41) is 10.4. The number of benzene rings is 1. The molecule has 1 aromatic carbocycles. The minimum absolute atomic E-state index is 0.205. The third kappa shape index (κ3) is 4.11. The average molecular weight is 354 g/mol. The minimum Gasteiger partial charge on any atom is -0.472 e. The van der Waals surface area contributed by atoms with Crippen molar-refractivity contribution in [3.63, 3.8) is 0 Å². The molecule has 1 aromatic heterocycles. The van der Waals surface area contributed by atoms with E-state index in [0.717, 1.165) is 5.56 Å². The number of anilines is 1. The number of ether oxygens (including phenoxy) is 2. The lowest BCUT2D eigenvalue weighted by Gasteiger charge is -2.17. The lowest BCUT2D eigenvalue weighted by atomic mass is 10.2. The highest BCUT2D eigenvalue weighted by Gasteiger charge is 2.18. The average Bonchev–Trinajstić information content (AvgIpc) is 2.78. The van der Waals surface area contributed by atoms with Gasteiger partial charge in [0.25, 0.3) is 0 Å². The molecule has 0 aliphatic carbocycles. The van der Waals surface area contributed by atoms with Crippen molar-refractivity contribution in [3.8, 4) is 11.9 Å². The maximum Gasteiger partial charge on any atom is 0.219 e. The highest BCUT2D eigenvalue weighted by atomic mass is 35.5. The van der Waals surface area contributed by atoms with Crippen molar-refractivity contribution in [1.29, 1.82) is 5.26 Å². The van der Waals surface area contributed by atoms with Crippen molar-refractivity contribution in [1.82, 2.24) is 4.57 Å². The smallest absolute Gasteiger partial charge is 0.219 e. The predicted octanol–water partition coefficient (Wildman–Crippen LogP) is 3.71. The SMILES string of the molecule is COCC(C)Oc1c(N)cc(C#N)n1Cc1ccc(Cl)cc1Cl. The van der Waals surface area contributed by atoms with E-state index in [9.17, 15) is 5.26 Å². The highest BCUT2D eigenvalue weighted by molar-refractivity contribution is 6.35. The second-order valence-electron chi connectivity index (χ2n) is 5.11. The van der Waals surface area contributed by atoms with Gasteiger partial charge in [-0.3, -0.25) is 4.57 Å². The van der Waals surface area contributed by atoms with E-state index in [0.29, 0.717) is 40.5 Å². The molecule has 0 aliphatic rings. The van der Waals surface area contributed by atoms with E-state index < -0.39 is 0 Å². The Hall–Kier alpha value is -1.87. The second-order valence-corrected chi connectivity index (χ2v) is 5.95. The van der Waals surface area contributed by atoms with E-state index in [1.807, 2.05) is 13.0 Å². The first-order valence-corrected chi connectivity index (χ1v) is 7.70. The fourth-order valence-corrected chi connectivity index (χ4v) is 2.68. The van der Waals surface area contributed by atoms with Crippen LogP contribution >= 0.6 is 23.2 Å². The van der Waals surface area contributed by atoms with Crippen LogP contribution in [0.2, 0.25) is 10.0 Å². The zero-order chi connectivity index (χ0) is 17.0. The van der Waals surface area contributed by atoms with Crippen molar-refractivity contribution >= 4 is 28.9 Å². The number of nitriles is 1. The van der Waals surface area contributed by atoms with Gasteiger partial charge in [0.05, 0.1) is 18.8 Å². The van der Waals surface area contributed by atoms with Crippen LogP contribution in [0.1, 0.15) is 18.2 Å². The normalized spacial score (nSPS) is 12.0. The first-order valence-electron chi connectivity index (χ1n) is 6.94. The molecule has 23 heavy (non-hydrogen) atoms. The molecule has 1 unspecified atom stereocenters. The van der Waals surface area contributed by atoms with Gasteiger partial charge in [0.2, 0.25) is 5.88 Å². The molecule has 5 nitrogen and oxygen atoms in total. The Kier molecular flexibility index (Phi) is 5.78. The molecule has 7 heteroatoms. The fourth-order valence-electron chi connectivity index (χ4n) is 2.21. The van der Waals surface area contributed by atoms with E-state index in [1.165, 1.54) is 0 Å². The zero-order valence-electron chi connectivity index (χ0n) is 12.8. The van der Waals surface area contributed by atoms with Crippen molar-refractivity contribution < 1.29 is 9.47 Å². The quantitative estimate of drug-likeness (QED) is 0.858. The summed E-state index contributed by atoms with van der Waals surface area (Å²) < 4.78 is 12.6. The zero-order valence-corrected chi connectivity index (χ0v) is 14.4. The number of nitrogens with zero attached hydrogens (tertiary/aromatic N) is 2. The van der Waals surface area contributed by atoms with Crippen LogP contribution in [0.4, 0.5) is 5.69 Å². The number of hydrogen-bond donors (Lipinski definition) is 1. The molecule has 0 saturated heterocycles. The number of hydrogen-bond acceptors (Lipinski definition) is 4. The van der Waals surface area contributed by atoms with Gasteiger partial charge in [-0.25, -0.2) is 0 Å². The van der Waals surface area contributed by atoms with E-state index in [4.69, 9.17) is 38.4 Å². The van der Waals surface area contributed by atoms with Crippen LogP contribution in [0.15, 0.2) is 24.3 Å². The van der Waals surface area contributed by atoms with Crippen LogP contribution < -0.4 is 10.5 Å². The van der Waals surface area contributed by atoms with E-state index in [2.05, 4.69) is 6.07 Å². The van der Waals surface area contributed by atoms with Crippen LogP contribution in [0.3, 0.4) is 0 Å². The van der Waals surface area contributed by atoms with Gasteiger partial charge in [0, 0.05) is 23.2 Å². The Morgan fingerprint density at radius 3 is 2.70 bits per heavy atom. The molecular weight excluding hydrogens is 337 g/mol. The minimum atomic E-state index is -0.205. The Labute approximate surface area is 145 Å². The Morgan fingerprint density at radius 1 is 1.35 bits per heavy atom. The molecular formula is C16H17Cl2N3O2. The van der Waals surface area contributed by atoms with Gasteiger partial charge in [-0.2, -0.15) is 5.26 Å². The van der Waals surface area contributed by atoms with E-state index >= 15 is 0 Å². The molecule has 2 aromatic rings. The molecule has 0 bridgehead atoms. The van der Waals surface area contributed by atoms with Gasteiger partial charge in [0.15, 0.2) is 0 Å². The maximum absolute atomic E-state index is 9.32. The van der Waals surface area contributed by atoms with Gasteiger partial charge >= 0.3 is 0 Å². The first-order chi connectivity index (χ1) is 11.0. The molecule has 0 saturated carbocycles. The van der Waals surface area contributed by atoms with Gasteiger partial charge in [-0.1, -0.05) is 29.3 Å².